The molecule has 0 aliphatic carbocycles. The molecular weight excluding hydrogens is 272 g/mol. The standard InChI is InChI=1S/C15H14N2O4/c1-15(12-8-4-2-5-9-12,13-10-6-3-7-11-13)14(16(18)19)17(20)21/h2-11,14H,1H3. The van der Waals surface area contributed by atoms with Gasteiger partial charge in [-0.25, -0.2) is 0 Å². The Morgan fingerprint density at radius 3 is 1.43 bits per heavy atom. The van der Waals surface area contributed by atoms with Crippen LogP contribution in [0.3, 0.4) is 0 Å². The molecule has 0 radical (unpaired) electrons. The van der Waals surface area contributed by atoms with Gasteiger partial charge in [-0.3, -0.25) is 20.2 Å². The Hall–Kier alpha value is -2.76. The first kappa shape index (κ1) is 14.6. The summed E-state index contributed by atoms with van der Waals surface area (Å²) in [5, 5.41) is 22.6. The van der Waals surface area contributed by atoms with Gasteiger partial charge in [0, 0.05) is 0 Å². The third-order valence-corrected chi connectivity index (χ3v) is 3.66. The predicted molar refractivity (Wildman–Crippen MR) is 77.1 cm³/mol. The molecule has 0 spiro atoms. The number of rotatable bonds is 5. The molecule has 2 aromatic rings. The first-order valence-corrected chi connectivity index (χ1v) is 6.36. The molecule has 0 N–H and O–H groups in total. The number of nitrogens with zero attached hydrogens (tertiary/aromatic N) is 2. The van der Waals surface area contributed by atoms with E-state index >= 15 is 0 Å². The van der Waals surface area contributed by atoms with E-state index in [1.165, 1.54) is 6.92 Å². The molecule has 0 aliphatic heterocycles. The van der Waals surface area contributed by atoms with Crippen LogP contribution in [0.1, 0.15) is 18.1 Å². The second-order valence-corrected chi connectivity index (χ2v) is 4.88. The Morgan fingerprint density at radius 1 is 0.810 bits per heavy atom. The van der Waals surface area contributed by atoms with E-state index in [0.29, 0.717) is 11.1 Å². The fourth-order valence-corrected chi connectivity index (χ4v) is 2.53. The van der Waals surface area contributed by atoms with Gasteiger partial charge in [-0.05, 0) is 18.1 Å². The van der Waals surface area contributed by atoms with Crippen LogP contribution >= 0.6 is 0 Å². The van der Waals surface area contributed by atoms with Crippen molar-refractivity contribution in [3.8, 4) is 0 Å². The van der Waals surface area contributed by atoms with Gasteiger partial charge in [-0.15, -0.1) is 0 Å². The Labute approximate surface area is 121 Å². The molecule has 6 heteroatoms. The molecule has 0 fully saturated rings. The molecule has 0 bridgehead atoms. The SMILES string of the molecule is CC(c1ccccc1)(c1ccccc1)C([N+](=O)[O-])[N+](=O)[O-]. The molecule has 0 saturated heterocycles. The molecule has 21 heavy (non-hydrogen) atoms. The second kappa shape index (κ2) is 5.70. The molecule has 0 aliphatic rings. The third-order valence-electron chi connectivity index (χ3n) is 3.66. The number of nitro groups is 2. The maximum absolute atomic E-state index is 11.3. The zero-order valence-corrected chi connectivity index (χ0v) is 11.4. The van der Waals surface area contributed by atoms with Crippen LogP contribution in [0.2, 0.25) is 0 Å². The van der Waals surface area contributed by atoms with Crippen molar-refractivity contribution in [2.75, 3.05) is 0 Å². The van der Waals surface area contributed by atoms with Crippen LogP contribution in [-0.2, 0) is 5.41 Å². The van der Waals surface area contributed by atoms with Crippen molar-refractivity contribution in [1.82, 2.24) is 0 Å². The molecular formula is C15H14N2O4. The van der Waals surface area contributed by atoms with E-state index in [0.717, 1.165) is 0 Å². The molecule has 6 nitrogen and oxygen atoms in total. The van der Waals surface area contributed by atoms with Gasteiger partial charge in [0.25, 0.3) is 0 Å². The monoisotopic (exact) mass is 286 g/mol. The van der Waals surface area contributed by atoms with Gasteiger partial charge in [-0.2, -0.15) is 0 Å². The summed E-state index contributed by atoms with van der Waals surface area (Å²) in [5.74, 6) is 0. The fraction of sp³-hybridized carbons (Fsp3) is 0.200. The summed E-state index contributed by atoms with van der Waals surface area (Å²) in [4.78, 5) is 20.9. The molecule has 2 aromatic carbocycles. The van der Waals surface area contributed by atoms with Crippen molar-refractivity contribution in [2.24, 2.45) is 0 Å². The summed E-state index contributed by atoms with van der Waals surface area (Å²) in [5.41, 5.74) is -0.278. The van der Waals surface area contributed by atoms with Crippen LogP contribution in [0.4, 0.5) is 0 Å². The topological polar surface area (TPSA) is 86.3 Å². The van der Waals surface area contributed by atoms with Crippen LogP contribution in [0.25, 0.3) is 0 Å². The molecule has 0 aromatic heterocycles. The van der Waals surface area contributed by atoms with E-state index < -0.39 is 21.4 Å². The molecule has 2 rings (SSSR count). The van der Waals surface area contributed by atoms with Gasteiger partial charge in [-0.1, -0.05) is 60.7 Å². The minimum atomic E-state index is -1.96. The fourth-order valence-electron chi connectivity index (χ4n) is 2.53. The molecule has 0 amide bonds. The van der Waals surface area contributed by atoms with Crippen molar-refractivity contribution in [3.05, 3.63) is 92.0 Å². The van der Waals surface area contributed by atoms with Crippen LogP contribution in [0.15, 0.2) is 60.7 Å². The summed E-state index contributed by atoms with van der Waals surface area (Å²) in [6, 6.07) is 17.1. The van der Waals surface area contributed by atoms with E-state index in [-0.39, 0.29) is 0 Å². The second-order valence-electron chi connectivity index (χ2n) is 4.88. The largest absolute Gasteiger partial charge is 0.463 e. The quantitative estimate of drug-likeness (QED) is 0.480. The number of benzene rings is 2. The van der Waals surface area contributed by atoms with E-state index in [1.807, 2.05) is 0 Å². The van der Waals surface area contributed by atoms with Gasteiger partial charge in [0.05, 0.1) is 9.85 Å². The van der Waals surface area contributed by atoms with Gasteiger partial charge >= 0.3 is 6.17 Å². The summed E-state index contributed by atoms with van der Waals surface area (Å²) in [6.45, 7) is 1.54. The predicted octanol–water partition coefficient (Wildman–Crippen LogP) is 2.87. The van der Waals surface area contributed by atoms with E-state index in [4.69, 9.17) is 0 Å². The lowest BCUT2D eigenvalue weighted by Crippen LogP contribution is -2.48. The maximum atomic E-state index is 11.3. The first-order chi connectivity index (χ1) is 9.98. The van der Waals surface area contributed by atoms with Crippen molar-refractivity contribution < 1.29 is 9.85 Å². The van der Waals surface area contributed by atoms with Gasteiger partial charge in [0.2, 0.25) is 0 Å². The number of hydrogen-bond acceptors (Lipinski definition) is 4. The van der Waals surface area contributed by atoms with Crippen LogP contribution in [0.5, 0.6) is 0 Å². The van der Waals surface area contributed by atoms with E-state index in [9.17, 15) is 20.2 Å². The van der Waals surface area contributed by atoms with Crippen LogP contribution in [0, 0.1) is 20.2 Å². The van der Waals surface area contributed by atoms with Crippen LogP contribution < -0.4 is 0 Å². The highest BCUT2D eigenvalue weighted by Gasteiger charge is 2.54. The van der Waals surface area contributed by atoms with Crippen LogP contribution in [-0.4, -0.2) is 16.0 Å². The average molecular weight is 286 g/mol. The highest BCUT2D eigenvalue weighted by molar-refractivity contribution is 5.39. The zero-order valence-electron chi connectivity index (χ0n) is 11.4. The minimum absolute atomic E-state index is 0.537. The Morgan fingerprint density at radius 2 is 1.14 bits per heavy atom. The highest BCUT2D eigenvalue weighted by Crippen LogP contribution is 2.36. The lowest BCUT2D eigenvalue weighted by atomic mass is 9.74. The van der Waals surface area contributed by atoms with Crippen molar-refractivity contribution >= 4 is 0 Å². The van der Waals surface area contributed by atoms with Crippen molar-refractivity contribution in [3.63, 3.8) is 0 Å². The normalized spacial score (nSPS) is 11.3. The summed E-state index contributed by atoms with van der Waals surface area (Å²) < 4.78 is 0. The Bertz CT molecular complexity index is 590. The summed E-state index contributed by atoms with van der Waals surface area (Å²) in [6.07, 6.45) is -1.96. The molecule has 0 saturated carbocycles. The zero-order chi connectivity index (χ0) is 15.5. The third kappa shape index (κ3) is 2.60. The lowest BCUT2D eigenvalue weighted by Gasteiger charge is -2.27. The van der Waals surface area contributed by atoms with Gasteiger partial charge in [0.15, 0.2) is 5.41 Å². The maximum Gasteiger partial charge on any atom is 0.463 e. The van der Waals surface area contributed by atoms with Gasteiger partial charge in [0.1, 0.15) is 0 Å². The van der Waals surface area contributed by atoms with Crippen molar-refractivity contribution in [2.45, 2.75) is 18.5 Å². The Balaban J connectivity index is 2.71. The lowest BCUT2D eigenvalue weighted by molar-refractivity contribution is -0.751. The summed E-state index contributed by atoms with van der Waals surface area (Å²) >= 11 is 0. The molecule has 108 valence electrons. The molecule has 0 unspecified atom stereocenters. The smallest absolute Gasteiger partial charge is 0.259 e. The van der Waals surface area contributed by atoms with E-state index in [1.54, 1.807) is 60.7 Å². The summed E-state index contributed by atoms with van der Waals surface area (Å²) in [7, 11) is 0. The van der Waals surface area contributed by atoms with Crippen molar-refractivity contribution in [1.29, 1.82) is 0 Å². The van der Waals surface area contributed by atoms with Gasteiger partial charge < -0.3 is 0 Å². The average Bonchev–Trinajstić information content (AvgIpc) is 2.48. The number of hydrogen-bond donors (Lipinski definition) is 0. The highest BCUT2D eigenvalue weighted by atomic mass is 16.7. The molecule has 0 heterocycles. The molecule has 0 atom stereocenters. The first-order valence-electron chi connectivity index (χ1n) is 6.36. The van der Waals surface area contributed by atoms with E-state index in [2.05, 4.69) is 0 Å². The minimum Gasteiger partial charge on any atom is -0.259 e. The Kier molecular flexibility index (Phi) is 3.98.